The lowest BCUT2D eigenvalue weighted by molar-refractivity contribution is -0.394. The zero-order chi connectivity index (χ0) is 20.8. The van der Waals surface area contributed by atoms with E-state index in [2.05, 4.69) is 5.32 Å². The number of amides is 1. The van der Waals surface area contributed by atoms with Crippen molar-refractivity contribution < 1.29 is 24.5 Å². The monoisotopic (exact) mass is 387 g/mol. The summed E-state index contributed by atoms with van der Waals surface area (Å²) < 4.78 is 0. The number of carboxylic acid groups (broad SMARTS) is 1. The predicted octanol–water partition coefficient (Wildman–Crippen LogP) is 3.08. The molecule has 2 N–H and O–H groups in total. The SMILES string of the molecule is CCC(C(=O)O)C(NC(=O)c1cc([N+](=O)[O-])cc([N+](=O)[O-])c1)c1ccccc1. The van der Waals surface area contributed by atoms with Crippen molar-refractivity contribution in [1.82, 2.24) is 5.32 Å². The highest BCUT2D eigenvalue weighted by molar-refractivity contribution is 5.96. The van der Waals surface area contributed by atoms with Crippen LogP contribution in [0.5, 0.6) is 0 Å². The van der Waals surface area contributed by atoms with Gasteiger partial charge in [0.1, 0.15) is 0 Å². The van der Waals surface area contributed by atoms with E-state index in [1.54, 1.807) is 37.3 Å². The molecule has 0 aliphatic heterocycles. The average Bonchev–Trinajstić information content (AvgIpc) is 2.67. The van der Waals surface area contributed by atoms with E-state index in [1.165, 1.54) is 0 Å². The van der Waals surface area contributed by atoms with Crippen LogP contribution in [0.15, 0.2) is 48.5 Å². The number of benzene rings is 2. The summed E-state index contributed by atoms with van der Waals surface area (Å²) in [5, 5.41) is 34.1. The number of carboxylic acids is 1. The summed E-state index contributed by atoms with van der Waals surface area (Å²) in [6.07, 6.45) is 0.213. The zero-order valence-corrected chi connectivity index (χ0v) is 14.8. The van der Waals surface area contributed by atoms with Crippen LogP contribution in [0.3, 0.4) is 0 Å². The second-order valence-electron chi connectivity index (χ2n) is 5.97. The molecule has 28 heavy (non-hydrogen) atoms. The summed E-state index contributed by atoms with van der Waals surface area (Å²) in [5.74, 6) is -2.93. The summed E-state index contributed by atoms with van der Waals surface area (Å²) in [5.41, 5.74) is -0.992. The Kier molecular flexibility index (Phi) is 6.38. The van der Waals surface area contributed by atoms with Crippen LogP contribution in [-0.4, -0.2) is 26.8 Å². The smallest absolute Gasteiger partial charge is 0.308 e. The summed E-state index contributed by atoms with van der Waals surface area (Å²) in [6.45, 7) is 1.65. The molecule has 2 unspecified atom stereocenters. The predicted molar refractivity (Wildman–Crippen MR) is 97.8 cm³/mol. The fraction of sp³-hybridized carbons (Fsp3) is 0.222. The Morgan fingerprint density at radius 1 is 1.04 bits per heavy atom. The van der Waals surface area contributed by atoms with Crippen LogP contribution in [0, 0.1) is 26.1 Å². The molecule has 0 bridgehead atoms. The summed E-state index contributed by atoms with van der Waals surface area (Å²) >= 11 is 0. The van der Waals surface area contributed by atoms with Crippen LogP contribution in [0.2, 0.25) is 0 Å². The van der Waals surface area contributed by atoms with Crippen molar-refractivity contribution in [3.63, 3.8) is 0 Å². The van der Waals surface area contributed by atoms with Crippen molar-refractivity contribution in [2.75, 3.05) is 0 Å². The van der Waals surface area contributed by atoms with Crippen molar-refractivity contribution in [2.24, 2.45) is 5.92 Å². The Morgan fingerprint density at radius 2 is 1.57 bits per heavy atom. The van der Waals surface area contributed by atoms with Crippen molar-refractivity contribution in [2.45, 2.75) is 19.4 Å². The van der Waals surface area contributed by atoms with Gasteiger partial charge >= 0.3 is 5.97 Å². The van der Waals surface area contributed by atoms with Crippen LogP contribution in [0.25, 0.3) is 0 Å². The van der Waals surface area contributed by atoms with Crippen LogP contribution < -0.4 is 5.32 Å². The van der Waals surface area contributed by atoms with Gasteiger partial charge in [0.2, 0.25) is 0 Å². The van der Waals surface area contributed by atoms with E-state index < -0.39 is 45.1 Å². The lowest BCUT2D eigenvalue weighted by atomic mass is 9.90. The molecule has 0 spiro atoms. The number of carbonyl (C=O) groups is 2. The molecule has 10 heteroatoms. The molecule has 0 saturated heterocycles. The molecule has 0 saturated carbocycles. The number of hydrogen-bond donors (Lipinski definition) is 2. The minimum Gasteiger partial charge on any atom is -0.481 e. The maximum atomic E-state index is 12.7. The number of nitrogens with zero attached hydrogens (tertiary/aromatic N) is 2. The highest BCUT2D eigenvalue weighted by Gasteiger charge is 2.30. The minimum atomic E-state index is -1.12. The molecule has 1 amide bonds. The van der Waals surface area contributed by atoms with Crippen molar-refractivity contribution in [3.05, 3.63) is 79.9 Å². The fourth-order valence-electron chi connectivity index (χ4n) is 2.79. The molecule has 2 atom stereocenters. The number of nitrogens with one attached hydrogen (secondary N) is 1. The minimum absolute atomic E-state index is 0.213. The molecule has 2 aromatic carbocycles. The van der Waals surface area contributed by atoms with E-state index in [1.807, 2.05) is 0 Å². The van der Waals surface area contributed by atoms with Gasteiger partial charge in [-0.15, -0.1) is 0 Å². The Bertz CT molecular complexity index is 882. The number of aliphatic carboxylic acids is 1. The topological polar surface area (TPSA) is 153 Å². The third-order valence-electron chi connectivity index (χ3n) is 4.19. The van der Waals surface area contributed by atoms with Crippen LogP contribution in [-0.2, 0) is 4.79 Å². The Hall–Kier alpha value is -3.82. The first-order chi connectivity index (χ1) is 13.2. The number of carbonyl (C=O) groups excluding carboxylic acids is 1. The molecule has 10 nitrogen and oxygen atoms in total. The van der Waals surface area contributed by atoms with E-state index in [0.29, 0.717) is 5.56 Å². The molecule has 2 aromatic rings. The molecule has 0 fully saturated rings. The first kappa shape index (κ1) is 20.5. The maximum absolute atomic E-state index is 12.7. The number of hydrogen-bond acceptors (Lipinski definition) is 6. The maximum Gasteiger partial charge on any atom is 0.308 e. The van der Waals surface area contributed by atoms with Crippen LogP contribution in [0.1, 0.15) is 35.3 Å². The van der Waals surface area contributed by atoms with Gasteiger partial charge in [0.05, 0.1) is 33.4 Å². The molecule has 0 aliphatic rings. The van der Waals surface area contributed by atoms with Gasteiger partial charge in [-0.05, 0) is 12.0 Å². The number of non-ortho nitro benzene ring substituents is 2. The van der Waals surface area contributed by atoms with Gasteiger partial charge < -0.3 is 10.4 Å². The van der Waals surface area contributed by atoms with Gasteiger partial charge in [0.25, 0.3) is 17.3 Å². The standard InChI is InChI=1S/C18H17N3O7/c1-2-15(18(23)24)16(11-6-4-3-5-7-11)19-17(22)12-8-13(20(25)26)10-14(9-12)21(27)28/h3-10,15-16H,2H2,1H3,(H,19,22)(H,23,24). The lowest BCUT2D eigenvalue weighted by Gasteiger charge is -2.24. The quantitative estimate of drug-likeness (QED) is 0.521. The fourth-order valence-corrected chi connectivity index (χ4v) is 2.79. The number of nitro groups is 2. The highest BCUT2D eigenvalue weighted by Crippen LogP contribution is 2.27. The Balaban J connectivity index is 2.44. The normalized spacial score (nSPS) is 12.6. The van der Waals surface area contributed by atoms with Gasteiger partial charge in [-0.1, -0.05) is 37.3 Å². The van der Waals surface area contributed by atoms with Gasteiger partial charge in [-0.25, -0.2) is 0 Å². The third-order valence-corrected chi connectivity index (χ3v) is 4.19. The first-order valence-electron chi connectivity index (χ1n) is 8.27. The van der Waals surface area contributed by atoms with E-state index >= 15 is 0 Å². The molecule has 2 rings (SSSR count). The molecule has 0 aliphatic carbocycles. The largest absolute Gasteiger partial charge is 0.481 e. The van der Waals surface area contributed by atoms with Gasteiger partial charge in [-0.3, -0.25) is 29.8 Å². The molecule has 0 aromatic heterocycles. The molecular weight excluding hydrogens is 370 g/mol. The summed E-state index contributed by atoms with van der Waals surface area (Å²) in [6, 6.07) is 10.0. The lowest BCUT2D eigenvalue weighted by Crippen LogP contribution is -2.36. The van der Waals surface area contributed by atoms with Crippen LogP contribution in [0.4, 0.5) is 11.4 Å². The van der Waals surface area contributed by atoms with Crippen molar-refractivity contribution >= 4 is 23.3 Å². The van der Waals surface area contributed by atoms with E-state index in [-0.39, 0.29) is 12.0 Å². The average molecular weight is 387 g/mol. The van der Waals surface area contributed by atoms with E-state index in [9.17, 15) is 34.9 Å². The molecule has 0 heterocycles. The van der Waals surface area contributed by atoms with E-state index in [4.69, 9.17) is 0 Å². The Labute approximate surface area is 159 Å². The van der Waals surface area contributed by atoms with Gasteiger partial charge in [0, 0.05) is 12.1 Å². The summed E-state index contributed by atoms with van der Waals surface area (Å²) in [7, 11) is 0. The Morgan fingerprint density at radius 3 is 2.00 bits per heavy atom. The van der Waals surface area contributed by atoms with Crippen molar-refractivity contribution in [1.29, 1.82) is 0 Å². The number of rotatable bonds is 8. The van der Waals surface area contributed by atoms with Crippen LogP contribution >= 0.6 is 0 Å². The van der Waals surface area contributed by atoms with Gasteiger partial charge in [0.15, 0.2) is 0 Å². The molecule has 146 valence electrons. The van der Waals surface area contributed by atoms with Gasteiger partial charge in [-0.2, -0.15) is 0 Å². The highest BCUT2D eigenvalue weighted by atomic mass is 16.6. The molecule has 0 radical (unpaired) electrons. The zero-order valence-electron chi connectivity index (χ0n) is 14.8. The first-order valence-corrected chi connectivity index (χ1v) is 8.27. The van der Waals surface area contributed by atoms with Crippen molar-refractivity contribution in [3.8, 4) is 0 Å². The number of nitro benzene ring substituents is 2. The third kappa shape index (κ3) is 4.67. The second-order valence-corrected chi connectivity index (χ2v) is 5.97. The van der Waals surface area contributed by atoms with E-state index in [0.717, 1.165) is 18.2 Å². The molecular formula is C18H17N3O7. The second kappa shape index (κ2) is 8.71. The summed E-state index contributed by atoms with van der Waals surface area (Å²) in [4.78, 5) is 44.6.